The van der Waals surface area contributed by atoms with Gasteiger partial charge in [0, 0.05) is 16.7 Å². The molecule has 3 nitrogen and oxygen atoms in total. The number of hydrogen-bond acceptors (Lipinski definition) is 2. The number of rotatable bonds is 5. The summed E-state index contributed by atoms with van der Waals surface area (Å²) >= 11 is 24.8. The fraction of sp³-hybridized carbons (Fsp3) is 0.125. The lowest BCUT2D eigenvalue weighted by molar-refractivity contribution is 0.414. The van der Waals surface area contributed by atoms with Gasteiger partial charge in [-0.3, -0.25) is 4.68 Å². The molecule has 0 aliphatic heterocycles. The molecule has 31 heavy (non-hydrogen) atoms. The van der Waals surface area contributed by atoms with Crippen molar-refractivity contribution in [1.29, 1.82) is 0 Å². The Bertz CT molecular complexity index is 1250. The van der Waals surface area contributed by atoms with Gasteiger partial charge in [-0.05, 0) is 48.9 Å². The molecule has 0 fully saturated rings. The van der Waals surface area contributed by atoms with Crippen LogP contribution < -0.4 is 4.74 Å². The monoisotopic (exact) mass is 490 g/mol. The predicted octanol–water partition coefficient (Wildman–Crippen LogP) is 8.20. The van der Waals surface area contributed by atoms with E-state index in [1.54, 1.807) is 19.2 Å². The van der Waals surface area contributed by atoms with Gasteiger partial charge in [0.2, 0.25) is 0 Å². The fourth-order valence-corrected chi connectivity index (χ4v) is 4.09. The molecule has 7 heteroatoms. The average molecular weight is 492 g/mol. The summed E-state index contributed by atoms with van der Waals surface area (Å²) < 4.78 is 7.23. The number of benzene rings is 3. The number of methoxy groups -OCH3 is 1. The third kappa shape index (κ3) is 4.56. The molecule has 1 aromatic heterocycles. The number of halogens is 4. The topological polar surface area (TPSA) is 27.1 Å². The molecule has 0 bridgehead atoms. The highest BCUT2D eigenvalue weighted by molar-refractivity contribution is 6.42. The molecule has 0 saturated carbocycles. The van der Waals surface area contributed by atoms with E-state index >= 15 is 0 Å². The van der Waals surface area contributed by atoms with Crippen molar-refractivity contribution in [1.82, 2.24) is 9.78 Å². The minimum absolute atomic E-state index is 0.486. The molecule has 0 saturated heterocycles. The lowest BCUT2D eigenvalue weighted by atomic mass is 10.0. The maximum atomic E-state index is 6.32. The van der Waals surface area contributed by atoms with Crippen molar-refractivity contribution in [3.63, 3.8) is 0 Å². The summed E-state index contributed by atoms with van der Waals surface area (Å²) in [5.41, 5.74) is 5.69. The number of hydrogen-bond donors (Lipinski definition) is 0. The second-order valence-electron chi connectivity index (χ2n) is 7.09. The molecule has 0 N–H and O–H groups in total. The van der Waals surface area contributed by atoms with Crippen LogP contribution in [0, 0.1) is 6.92 Å². The highest BCUT2D eigenvalue weighted by atomic mass is 35.5. The van der Waals surface area contributed by atoms with Crippen molar-refractivity contribution in [2.24, 2.45) is 0 Å². The van der Waals surface area contributed by atoms with E-state index in [9.17, 15) is 0 Å². The third-order valence-corrected chi connectivity index (χ3v) is 6.54. The molecule has 0 aliphatic carbocycles. The Hall–Kier alpha value is -2.17. The van der Waals surface area contributed by atoms with E-state index < -0.39 is 0 Å². The number of ether oxygens (including phenoxy) is 1. The summed E-state index contributed by atoms with van der Waals surface area (Å²) in [6, 6.07) is 19.0. The van der Waals surface area contributed by atoms with E-state index in [1.807, 2.05) is 60.1 Å². The van der Waals surface area contributed by atoms with Crippen molar-refractivity contribution < 1.29 is 4.74 Å². The standard InChI is InChI=1S/C24H18Cl4N2O/c1-14-23(16-5-9-19(25)21(27)11-16)29-30(13-15-3-7-18(31-2)8-4-15)24(14)17-6-10-20(26)22(28)12-17/h3-12H,13H2,1-2H3. The van der Waals surface area contributed by atoms with E-state index in [4.69, 9.17) is 56.2 Å². The molecule has 0 amide bonds. The van der Waals surface area contributed by atoms with E-state index in [0.717, 1.165) is 39.4 Å². The minimum atomic E-state index is 0.486. The van der Waals surface area contributed by atoms with Crippen LogP contribution in [0.5, 0.6) is 5.75 Å². The first-order valence-electron chi connectivity index (χ1n) is 9.48. The van der Waals surface area contributed by atoms with Crippen molar-refractivity contribution in [2.75, 3.05) is 7.11 Å². The molecular weight excluding hydrogens is 474 g/mol. The van der Waals surface area contributed by atoms with Crippen LogP contribution in [-0.4, -0.2) is 16.9 Å². The predicted molar refractivity (Wildman–Crippen MR) is 130 cm³/mol. The van der Waals surface area contributed by atoms with Gasteiger partial charge in [0.25, 0.3) is 0 Å². The second-order valence-corrected chi connectivity index (χ2v) is 8.71. The van der Waals surface area contributed by atoms with Crippen LogP contribution in [0.1, 0.15) is 11.1 Å². The molecule has 1 heterocycles. The quantitative estimate of drug-likeness (QED) is 0.281. The Morgan fingerprint density at radius 3 is 1.94 bits per heavy atom. The van der Waals surface area contributed by atoms with Crippen LogP contribution in [0.15, 0.2) is 60.7 Å². The Morgan fingerprint density at radius 2 is 1.35 bits per heavy atom. The first-order valence-corrected chi connectivity index (χ1v) is 11.0. The summed E-state index contributed by atoms with van der Waals surface area (Å²) in [6.07, 6.45) is 0. The molecule has 3 aromatic carbocycles. The molecule has 4 aromatic rings. The summed E-state index contributed by atoms with van der Waals surface area (Å²) in [7, 11) is 1.65. The maximum Gasteiger partial charge on any atom is 0.118 e. The smallest absolute Gasteiger partial charge is 0.118 e. The summed E-state index contributed by atoms with van der Waals surface area (Å²) in [6.45, 7) is 2.61. The first kappa shape index (κ1) is 22.0. The fourth-order valence-electron chi connectivity index (χ4n) is 3.50. The van der Waals surface area contributed by atoms with Crippen molar-refractivity contribution in [3.05, 3.63) is 91.9 Å². The summed E-state index contributed by atoms with van der Waals surface area (Å²) in [5.74, 6) is 0.807. The number of aromatic nitrogens is 2. The lowest BCUT2D eigenvalue weighted by Gasteiger charge is -2.10. The Kier molecular flexibility index (Phi) is 6.49. The SMILES string of the molecule is COc1ccc(Cn2nc(-c3ccc(Cl)c(Cl)c3)c(C)c2-c2ccc(Cl)c(Cl)c2)cc1. The van der Waals surface area contributed by atoms with Gasteiger partial charge < -0.3 is 4.74 Å². The first-order chi connectivity index (χ1) is 14.9. The largest absolute Gasteiger partial charge is 0.497 e. The van der Waals surface area contributed by atoms with Gasteiger partial charge in [-0.25, -0.2) is 0 Å². The van der Waals surface area contributed by atoms with Crippen molar-refractivity contribution >= 4 is 46.4 Å². The highest BCUT2D eigenvalue weighted by Crippen LogP contribution is 2.36. The molecule has 0 aliphatic rings. The van der Waals surface area contributed by atoms with Gasteiger partial charge in [-0.2, -0.15) is 5.10 Å². The molecule has 158 valence electrons. The van der Waals surface area contributed by atoms with E-state index in [-0.39, 0.29) is 0 Å². The van der Waals surface area contributed by atoms with Crippen LogP contribution in [0.2, 0.25) is 20.1 Å². The van der Waals surface area contributed by atoms with Crippen LogP contribution >= 0.6 is 46.4 Å². The van der Waals surface area contributed by atoms with Crippen LogP contribution in [0.4, 0.5) is 0 Å². The van der Waals surface area contributed by atoms with Gasteiger partial charge in [-0.15, -0.1) is 0 Å². The zero-order valence-corrected chi connectivity index (χ0v) is 19.8. The van der Waals surface area contributed by atoms with Crippen LogP contribution in [0.25, 0.3) is 22.5 Å². The van der Waals surface area contributed by atoms with Gasteiger partial charge in [-0.1, -0.05) is 70.7 Å². The molecular formula is C24H18Cl4N2O. The molecule has 4 rings (SSSR count). The normalized spacial score (nSPS) is 11.0. The molecule has 0 unspecified atom stereocenters. The molecule has 0 atom stereocenters. The molecule has 0 radical (unpaired) electrons. The van der Waals surface area contributed by atoms with Gasteiger partial charge in [0.15, 0.2) is 0 Å². The zero-order valence-electron chi connectivity index (χ0n) is 16.8. The van der Waals surface area contributed by atoms with E-state index in [1.165, 1.54) is 0 Å². The summed E-state index contributed by atoms with van der Waals surface area (Å²) in [4.78, 5) is 0. The zero-order chi connectivity index (χ0) is 22.1. The van der Waals surface area contributed by atoms with Gasteiger partial charge in [0.1, 0.15) is 5.75 Å². The maximum absolute atomic E-state index is 6.32. The second kappa shape index (κ2) is 9.13. The lowest BCUT2D eigenvalue weighted by Crippen LogP contribution is -2.04. The van der Waals surface area contributed by atoms with Crippen molar-refractivity contribution in [3.8, 4) is 28.3 Å². The van der Waals surface area contributed by atoms with Gasteiger partial charge in [0.05, 0.1) is 45.1 Å². The van der Waals surface area contributed by atoms with Crippen LogP contribution in [0.3, 0.4) is 0 Å². The van der Waals surface area contributed by atoms with Crippen LogP contribution in [-0.2, 0) is 6.54 Å². The minimum Gasteiger partial charge on any atom is -0.497 e. The number of nitrogens with zero attached hydrogens (tertiary/aromatic N) is 2. The summed E-state index contributed by atoms with van der Waals surface area (Å²) in [5, 5.41) is 6.92. The Morgan fingerprint density at radius 1 is 0.774 bits per heavy atom. The van der Waals surface area contributed by atoms with E-state index in [0.29, 0.717) is 26.6 Å². The van der Waals surface area contributed by atoms with Crippen molar-refractivity contribution in [2.45, 2.75) is 13.5 Å². The average Bonchev–Trinajstić information content (AvgIpc) is 3.08. The third-order valence-electron chi connectivity index (χ3n) is 5.07. The highest BCUT2D eigenvalue weighted by Gasteiger charge is 2.19. The molecule has 0 spiro atoms. The van der Waals surface area contributed by atoms with E-state index in [2.05, 4.69) is 0 Å². The Labute approximate surface area is 201 Å². The Balaban J connectivity index is 1.86. The van der Waals surface area contributed by atoms with Gasteiger partial charge >= 0.3 is 0 Å².